The Morgan fingerprint density at radius 2 is 1.80 bits per heavy atom. The van der Waals surface area contributed by atoms with Crippen LogP contribution >= 0.6 is 0 Å². The van der Waals surface area contributed by atoms with E-state index in [1.54, 1.807) is 0 Å². The van der Waals surface area contributed by atoms with Gasteiger partial charge in [0.1, 0.15) is 0 Å². The minimum atomic E-state index is -0.605. The molecule has 2 aliphatic carbocycles. The molecule has 25 heavy (non-hydrogen) atoms. The molecule has 0 aromatic heterocycles. The summed E-state index contributed by atoms with van der Waals surface area (Å²) in [4.78, 5) is 16.4. The van der Waals surface area contributed by atoms with E-state index in [0.717, 1.165) is 44.4 Å². The van der Waals surface area contributed by atoms with Crippen LogP contribution in [0.3, 0.4) is 0 Å². The zero-order chi connectivity index (χ0) is 17.7. The molecule has 4 bridgehead atoms. The van der Waals surface area contributed by atoms with Crippen LogP contribution in [0, 0.1) is 22.7 Å². The van der Waals surface area contributed by atoms with Gasteiger partial charge in [0.05, 0.1) is 5.92 Å². The van der Waals surface area contributed by atoms with E-state index in [1.165, 1.54) is 51.6 Å². The third kappa shape index (κ3) is 3.25. The summed E-state index contributed by atoms with van der Waals surface area (Å²) < 4.78 is 0. The van der Waals surface area contributed by atoms with E-state index in [0.29, 0.717) is 10.8 Å². The van der Waals surface area contributed by atoms with Crippen LogP contribution in [0.15, 0.2) is 0 Å². The lowest BCUT2D eigenvalue weighted by molar-refractivity contribution is -0.158. The van der Waals surface area contributed by atoms with Crippen LogP contribution in [0.2, 0.25) is 0 Å². The summed E-state index contributed by atoms with van der Waals surface area (Å²) in [6.07, 6.45) is 10.3. The molecule has 142 valence electrons. The minimum absolute atomic E-state index is 0.140. The van der Waals surface area contributed by atoms with Gasteiger partial charge in [-0.25, -0.2) is 0 Å². The maximum atomic E-state index is 11.2. The number of piperidine rings is 3. The zero-order valence-corrected chi connectivity index (χ0v) is 16.2. The van der Waals surface area contributed by atoms with E-state index >= 15 is 0 Å². The second-order valence-corrected chi connectivity index (χ2v) is 10.1. The van der Waals surface area contributed by atoms with E-state index in [9.17, 15) is 9.90 Å². The lowest BCUT2D eigenvalue weighted by Gasteiger charge is -2.66. The summed E-state index contributed by atoms with van der Waals surface area (Å²) in [7, 11) is 0. The third-order valence-corrected chi connectivity index (χ3v) is 8.29. The normalized spacial score (nSPS) is 44.8. The highest BCUT2D eigenvalue weighted by Gasteiger charge is 2.58. The van der Waals surface area contributed by atoms with Gasteiger partial charge in [-0.1, -0.05) is 20.3 Å². The quantitative estimate of drug-likeness (QED) is 0.826. The highest BCUT2D eigenvalue weighted by atomic mass is 16.4. The second-order valence-electron chi connectivity index (χ2n) is 10.1. The van der Waals surface area contributed by atoms with Crippen molar-refractivity contribution in [2.24, 2.45) is 22.7 Å². The Morgan fingerprint density at radius 3 is 2.44 bits per heavy atom. The van der Waals surface area contributed by atoms with Crippen molar-refractivity contribution in [3.8, 4) is 0 Å². The van der Waals surface area contributed by atoms with Crippen molar-refractivity contribution in [3.63, 3.8) is 0 Å². The average Bonchev–Trinajstić information content (AvgIpc) is 2.55. The first-order valence-electron chi connectivity index (χ1n) is 10.6. The van der Waals surface area contributed by atoms with Crippen LogP contribution in [0.1, 0.15) is 65.2 Å². The van der Waals surface area contributed by atoms with Gasteiger partial charge in [0.2, 0.25) is 0 Å². The van der Waals surface area contributed by atoms with Crippen LogP contribution in [0.4, 0.5) is 0 Å². The molecule has 5 rings (SSSR count). The Labute approximate surface area is 152 Å². The van der Waals surface area contributed by atoms with E-state index < -0.39 is 5.97 Å². The van der Waals surface area contributed by atoms with Gasteiger partial charge in [0.25, 0.3) is 0 Å². The standard InChI is InChI=1S/C21H36N2O2/c1-20-7-4-8-21(2)13-17(12-20)23(15-18(20)21)11-5-10-22-9-3-6-16(14-22)19(24)25/h16-18H,3-15H2,1-2H3,(H,24,25). The van der Waals surface area contributed by atoms with Crippen LogP contribution in [-0.2, 0) is 4.79 Å². The number of hydrogen-bond acceptors (Lipinski definition) is 3. The van der Waals surface area contributed by atoms with Crippen LogP contribution in [0.5, 0.6) is 0 Å². The molecule has 3 unspecified atom stereocenters. The lowest BCUT2D eigenvalue weighted by atomic mass is 9.46. The van der Waals surface area contributed by atoms with Crippen molar-refractivity contribution in [1.29, 1.82) is 0 Å². The smallest absolute Gasteiger partial charge is 0.307 e. The van der Waals surface area contributed by atoms with Crippen LogP contribution < -0.4 is 0 Å². The summed E-state index contributed by atoms with van der Waals surface area (Å²) >= 11 is 0. The van der Waals surface area contributed by atoms with Gasteiger partial charge in [0.15, 0.2) is 0 Å². The third-order valence-electron chi connectivity index (χ3n) is 8.29. The fourth-order valence-electron chi connectivity index (χ4n) is 7.04. The minimum Gasteiger partial charge on any atom is -0.481 e. The Bertz CT molecular complexity index is 504. The van der Waals surface area contributed by atoms with Crippen molar-refractivity contribution < 1.29 is 9.90 Å². The molecule has 2 saturated carbocycles. The Hall–Kier alpha value is -0.610. The van der Waals surface area contributed by atoms with Crippen molar-refractivity contribution in [3.05, 3.63) is 0 Å². The molecule has 1 N–H and O–H groups in total. The molecule has 4 heteroatoms. The molecule has 0 spiro atoms. The maximum absolute atomic E-state index is 11.2. The molecule has 3 aliphatic heterocycles. The summed E-state index contributed by atoms with van der Waals surface area (Å²) in [5, 5.41) is 9.25. The van der Waals surface area contributed by atoms with Crippen molar-refractivity contribution in [1.82, 2.24) is 9.80 Å². The number of rotatable bonds is 5. The maximum Gasteiger partial charge on any atom is 0.307 e. The number of aliphatic carboxylic acids is 1. The average molecular weight is 349 g/mol. The van der Waals surface area contributed by atoms with Gasteiger partial charge >= 0.3 is 5.97 Å². The first-order chi connectivity index (χ1) is 11.9. The summed E-state index contributed by atoms with van der Waals surface area (Å²) in [6, 6.07) is 0.799. The molecule has 3 saturated heterocycles. The summed E-state index contributed by atoms with van der Waals surface area (Å²) in [6.45, 7) is 10.6. The van der Waals surface area contributed by atoms with E-state index in [2.05, 4.69) is 23.6 Å². The molecule has 3 heterocycles. The number of likely N-dealkylation sites (tertiary alicyclic amines) is 1. The highest BCUT2D eigenvalue weighted by Crippen LogP contribution is 2.63. The molecule has 0 aromatic carbocycles. The number of nitrogens with zero attached hydrogens (tertiary/aromatic N) is 2. The molecule has 5 fully saturated rings. The number of fused-ring (bicyclic) bond motifs is 1. The second kappa shape index (κ2) is 6.53. The first kappa shape index (κ1) is 17.8. The highest BCUT2D eigenvalue weighted by molar-refractivity contribution is 5.70. The molecular formula is C21H36N2O2. The number of hydrogen-bond donors (Lipinski definition) is 1. The van der Waals surface area contributed by atoms with Gasteiger partial charge in [-0.3, -0.25) is 9.69 Å². The van der Waals surface area contributed by atoms with Crippen molar-refractivity contribution in [2.75, 3.05) is 32.7 Å². The van der Waals surface area contributed by atoms with Gasteiger partial charge in [-0.05, 0) is 81.3 Å². The fourth-order valence-corrected chi connectivity index (χ4v) is 7.04. The monoisotopic (exact) mass is 348 g/mol. The predicted molar refractivity (Wildman–Crippen MR) is 99.6 cm³/mol. The van der Waals surface area contributed by atoms with Gasteiger partial charge < -0.3 is 10.0 Å². The van der Waals surface area contributed by atoms with E-state index in [-0.39, 0.29) is 5.92 Å². The van der Waals surface area contributed by atoms with E-state index in [4.69, 9.17) is 0 Å². The molecule has 5 aliphatic rings. The molecule has 3 atom stereocenters. The number of carboxylic acids is 1. The van der Waals surface area contributed by atoms with E-state index in [1.807, 2.05) is 0 Å². The zero-order valence-electron chi connectivity index (χ0n) is 16.2. The van der Waals surface area contributed by atoms with Crippen LogP contribution in [0.25, 0.3) is 0 Å². The summed E-state index contributed by atoms with van der Waals surface area (Å²) in [5.41, 5.74) is 1.21. The number of carbonyl (C=O) groups is 1. The Balaban J connectivity index is 1.28. The topological polar surface area (TPSA) is 43.8 Å². The van der Waals surface area contributed by atoms with Crippen molar-refractivity contribution >= 4 is 5.97 Å². The summed E-state index contributed by atoms with van der Waals surface area (Å²) in [5.74, 6) is 0.148. The molecule has 4 nitrogen and oxygen atoms in total. The molecular weight excluding hydrogens is 312 g/mol. The molecule has 0 radical (unpaired) electrons. The molecule has 0 amide bonds. The molecule has 0 aromatic rings. The SMILES string of the molecule is CC12CCCC3(C)CC(C1)N(CCCN1CCCC(C(=O)O)C1)CC23. The Morgan fingerprint density at radius 1 is 1.08 bits per heavy atom. The first-order valence-corrected chi connectivity index (χ1v) is 10.6. The largest absolute Gasteiger partial charge is 0.481 e. The predicted octanol–water partition coefficient (Wildman–Crippen LogP) is 3.46. The van der Waals surface area contributed by atoms with Crippen LogP contribution in [-0.4, -0.2) is 59.6 Å². The van der Waals surface area contributed by atoms with Crippen molar-refractivity contribution in [2.45, 2.75) is 71.3 Å². The Kier molecular flexibility index (Phi) is 4.64. The fraction of sp³-hybridized carbons (Fsp3) is 0.952. The van der Waals surface area contributed by atoms with Gasteiger partial charge in [-0.2, -0.15) is 0 Å². The number of carboxylic acid groups (broad SMARTS) is 1. The lowest BCUT2D eigenvalue weighted by Crippen LogP contribution is -2.64. The van der Waals surface area contributed by atoms with Gasteiger partial charge in [0, 0.05) is 19.1 Å². The van der Waals surface area contributed by atoms with Gasteiger partial charge in [-0.15, -0.1) is 0 Å².